The largest absolute Gasteiger partial charge is 0.481 e. The van der Waals surface area contributed by atoms with E-state index in [1.165, 1.54) is 23.6 Å². The van der Waals surface area contributed by atoms with Crippen LogP contribution < -0.4 is 5.32 Å². The molecule has 3 unspecified atom stereocenters. The number of halogens is 2. The Labute approximate surface area is 193 Å². The van der Waals surface area contributed by atoms with Crippen molar-refractivity contribution in [2.24, 2.45) is 5.92 Å². The van der Waals surface area contributed by atoms with Gasteiger partial charge in [-0.05, 0) is 61.4 Å². The Morgan fingerprint density at radius 1 is 1.30 bits per heavy atom. The second kappa shape index (κ2) is 9.11. The fourth-order valence-corrected chi connectivity index (χ4v) is 5.62. The van der Waals surface area contributed by atoms with E-state index in [1.54, 1.807) is 6.20 Å². The molecule has 1 fully saturated rings. The van der Waals surface area contributed by atoms with Crippen molar-refractivity contribution in [3.05, 3.63) is 52.9 Å². The van der Waals surface area contributed by atoms with Gasteiger partial charge in [-0.3, -0.25) is 4.79 Å². The number of rotatable bonds is 6. The van der Waals surface area contributed by atoms with Crippen molar-refractivity contribution in [1.82, 2.24) is 15.0 Å². The maximum Gasteiger partial charge on any atom is 0.316 e. The van der Waals surface area contributed by atoms with Crippen molar-refractivity contribution >= 4 is 28.9 Å². The van der Waals surface area contributed by atoms with Crippen LogP contribution in [0.1, 0.15) is 48.9 Å². The van der Waals surface area contributed by atoms with Crippen molar-refractivity contribution in [2.75, 3.05) is 5.32 Å². The first-order chi connectivity index (χ1) is 15.7. The predicted molar refractivity (Wildman–Crippen MR) is 121 cm³/mol. The average molecular weight is 475 g/mol. The summed E-state index contributed by atoms with van der Waals surface area (Å²) in [6.45, 7) is 3.75. The number of thiazole rings is 1. The Balaban J connectivity index is 1.65. The normalized spacial score (nSPS) is 23.0. The number of aromatic nitrogens is 3. The first-order valence-electron chi connectivity index (χ1n) is 10.6. The third-order valence-electron chi connectivity index (χ3n) is 6.13. The lowest BCUT2D eigenvalue weighted by Crippen LogP contribution is -2.47. The zero-order valence-electron chi connectivity index (χ0n) is 18.1. The molecule has 3 N–H and O–H groups in total. The van der Waals surface area contributed by atoms with Gasteiger partial charge in [-0.1, -0.05) is 13.0 Å². The van der Waals surface area contributed by atoms with Crippen LogP contribution in [0.5, 0.6) is 0 Å². The highest BCUT2D eigenvalue weighted by atomic mass is 32.1. The van der Waals surface area contributed by atoms with Crippen LogP contribution in [0.15, 0.2) is 36.7 Å². The maximum absolute atomic E-state index is 12.9. The Kier molecular flexibility index (Phi) is 6.40. The summed E-state index contributed by atoms with van der Waals surface area (Å²) in [5, 5.41) is 23.6. The zero-order valence-corrected chi connectivity index (χ0v) is 18.9. The highest BCUT2D eigenvalue weighted by molar-refractivity contribution is 7.15. The number of nitrogens with zero attached hydrogens (tertiary/aromatic N) is 3. The van der Waals surface area contributed by atoms with Gasteiger partial charge in [0.2, 0.25) is 5.95 Å². The molecule has 2 aromatic heterocycles. The van der Waals surface area contributed by atoms with Gasteiger partial charge < -0.3 is 15.5 Å². The molecule has 0 amide bonds. The number of aryl methyl sites for hydroxylation is 1. The molecule has 1 aliphatic rings. The summed E-state index contributed by atoms with van der Waals surface area (Å²) in [6, 6.07) is 6.78. The van der Waals surface area contributed by atoms with E-state index in [1.807, 2.05) is 32.0 Å². The molecule has 1 aromatic carbocycles. The van der Waals surface area contributed by atoms with Gasteiger partial charge in [0.1, 0.15) is 16.1 Å². The Morgan fingerprint density at radius 2 is 2.09 bits per heavy atom. The summed E-state index contributed by atoms with van der Waals surface area (Å²) in [5.74, 6) is -1.12. The average Bonchev–Trinajstić information content (AvgIpc) is 3.24. The Hall–Kier alpha value is -2.98. The quantitative estimate of drug-likeness (QED) is 0.456. The second-order valence-electron chi connectivity index (χ2n) is 8.45. The molecule has 0 aliphatic heterocycles. The topological polar surface area (TPSA) is 108 Å². The van der Waals surface area contributed by atoms with Gasteiger partial charge in [0.05, 0.1) is 11.0 Å². The number of alkyl halides is 2. The molecular weight excluding hydrogens is 450 g/mol. The van der Waals surface area contributed by atoms with Crippen LogP contribution in [0.3, 0.4) is 0 Å². The molecule has 1 aliphatic carbocycles. The standard InChI is InChI=1S/C23H24F2N4O3S/c1-12-7-14(10-15(8-12)28-22-26-6-4-17(29-22)19(24)25)18-11-27-20(33-18)23(21(31)32)5-3-16(30)9-13(23)2/h4,6-8,10-11,13,16,19,30H,3,5,9H2,1-2H3,(H,31,32)(H,26,28,29). The first-order valence-corrected chi connectivity index (χ1v) is 11.4. The van der Waals surface area contributed by atoms with Gasteiger partial charge in [0.15, 0.2) is 0 Å². The van der Waals surface area contributed by atoms with Crippen molar-refractivity contribution in [1.29, 1.82) is 0 Å². The number of carboxylic acid groups (broad SMARTS) is 1. The van der Waals surface area contributed by atoms with Crippen LogP contribution in [-0.4, -0.2) is 37.2 Å². The number of hydrogen-bond acceptors (Lipinski definition) is 7. The highest BCUT2D eigenvalue weighted by Crippen LogP contribution is 2.46. The summed E-state index contributed by atoms with van der Waals surface area (Å²) < 4.78 is 25.9. The maximum atomic E-state index is 12.9. The van der Waals surface area contributed by atoms with E-state index in [4.69, 9.17) is 0 Å². The lowest BCUT2D eigenvalue weighted by Gasteiger charge is -2.39. The van der Waals surface area contributed by atoms with E-state index < -0.39 is 23.9 Å². The van der Waals surface area contributed by atoms with Gasteiger partial charge in [0, 0.05) is 18.1 Å². The molecule has 1 saturated carbocycles. The lowest BCUT2D eigenvalue weighted by molar-refractivity contribution is -0.149. The number of carbonyl (C=O) groups is 1. The SMILES string of the molecule is Cc1cc(Nc2nccc(C(F)F)n2)cc(-c2cnc(C3(C(=O)O)CCC(O)CC3C)s2)c1. The van der Waals surface area contributed by atoms with Crippen LogP contribution in [0, 0.1) is 12.8 Å². The smallest absolute Gasteiger partial charge is 0.316 e. The van der Waals surface area contributed by atoms with Gasteiger partial charge in [-0.2, -0.15) is 0 Å². The first kappa shape index (κ1) is 23.2. The third kappa shape index (κ3) is 4.58. The number of nitrogens with one attached hydrogen (secondary N) is 1. The van der Waals surface area contributed by atoms with Crippen molar-refractivity contribution in [3.63, 3.8) is 0 Å². The van der Waals surface area contributed by atoms with Crippen molar-refractivity contribution in [2.45, 2.75) is 51.1 Å². The number of anilines is 2. The number of carboxylic acids is 1. The van der Waals surface area contributed by atoms with E-state index in [9.17, 15) is 23.8 Å². The number of aliphatic hydroxyl groups is 1. The molecular formula is C23H24F2N4O3S. The van der Waals surface area contributed by atoms with Gasteiger partial charge in [0.25, 0.3) is 6.43 Å². The van der Waals surface area contributed by atoms with Crippen LogP contribution in [0.4, 0.5) is 20.4 Å². The third-order valence-corrected chi connectivity index (χ3v) is 7.35. The monoisotopic (exact) mass is 474 g/mol. The van der Waals surface area contributed by atoms with E-state index in [-0.39, 0.29) is 17.6 Å². The summed E-state index contributed by atoms with van der Waals surface area (Å²) in [7, 11) is 0. The number of aliphatic carboxylic acids is 1. The molecule has 3 aromatic rings. The van der Waals surface area contributed by atoms with E-state index in [0.717, 1.165) is 16.0 Å². The second-order valence-corrected chi connectivity index (χ2v) is 9.48. The van der Waals surface area contributed by atoms with Crippen LogP contribution in [-0.2, 0) is 10.2 Å². The van der Waals surface area contributed by atoms with Crippen LogP contribution in [0.2, 0.25) is 0 Å². The van der Waals surface area contributed by atoms with Gasteiger partial charge in [-0.25, -0.2) is 23.7 Å². The summed E-state index contributed by atoms with van der Waals surface area (Å²) >= 11 is 1.32. The number of benzene rings is 1. The fraction of sp³-hybridized carbons (Fsp3) is 0.391. The molecule has 0 bridgehead atoms. The summed E-state index contributed by atoms with van der Waals surface area (Å²) in [6.07, 6.45) is 0.908. The van der Waals surface area contributed by atoms with Gasteiger partial charge in [-0.15, -0.1) is 11.3 Å². The molecule has 4 rings (SSSR count). The molecule has 33 heavy (non-hydrogen) atoms. The lowest BCUT2D eigenvalue weighted by atomic mass is 9.66. The minimum atomic E-state index is -2.69. The minimum Gasteiger partial charge on any atom is -0.481 e. The van der Waals surface area contributed by atoms with E-state index in [2.05, 4.69) is 20.3 Å². The van der Waals surface area contributed by atoms with E-state index in [0.29, 0.717) is 30.0 Å². The molecule has 0 radical (unpaired) electrons. The van der Waals surface area contributed by atoms with Crippen LogP contribution in [0.25, 0.3) is 10.4 Å². The molecule has 3 atom stereocenters. The summed E-state index contributed by atoms with van der Waals surface area (Å²) in [4.78, 5) is 25.5. The number of hydrogen-bond donors (Lipinski definition) is 3. The molecule has 0 saturated heterocycles. The molecule has 174 valence electrons. The molecule has 2 heterocycles. The van der Waals surface area contributed by atoms with Crippen molar-refractivity contribution < 1.29 is 23.8 Å². The predicted octanol–water partition coefficient (Wildman–Crippen LogP) is 5.09. The van der Waals surface area contributed by atoms with E-state index >= 15 is 0 Å². The number of aliphatic hydroxyl groups excluding tert-OH is 1. The Morgan fingerprint density at radius 3 is 2.79 bits per heavy atom. The highest BCUT2D eigenvalue weighted by Gasteiger charge is 2.50. The zero-order chi connectivity index (χ0) is 23.8. The Bertz CT molecular complexity index is 1170. The molecule has 0 spiro atoms. The fourth-order valence-electron chi connectivity index (χ4n) is 4.39. The van der Waals surface area contributed by atoms with Crippen LogP contribution >= 0.6 is 11.3 Å². The van der Waals surface area contributed by atoms with Crippen molar-refractivity contribution in [3.8, 4) is 10.4 Å². The molecule has 7 nitrogen and oxygen atoms in total. The van der Waals surface area contributed by atoms with Gasteiger partial charge >= 0.3 is 5.97 Å². The molecule has 10 heteroatoms. The minimum absolute atomic E-state index is 0.0637. The summed E-state index contributed by atoms with van der Waals surface area (Å²) in [5.41, 5.74) is 0.857.